The summed E-state index contributed by atoms with van der Waals surface area (Å²) in [6.07, 6.45) is 0.320. The number of ether oxygens (including phenoxy) is 2. The maximum absolute atomic E-state index is 10.1. The Bertz CT molecular complexity index is 631. The molecule has 0 saturated carbocycles. The number of pyridine rings is 1. The Kier molecular flexibility index (Phi) is 2.64. The second kappa shape index (κ2) is 4.10. The molecule has 4 nitrogen and oxygen atoms in total. The van der Waals surface area contributed by atoms with E-state index in [2.05, 4.69) is 4.98 Å². The van der Waals surface area contributed by atoms with E-state index >= 15 is 0 Å². The molecule has 1 aliphatic rings. The van der Waals surface area contributed by atoms with Crippen molar-refractivity contribution in [1.29, 1.82) is 0 Å². The summed E-state index contributed by atoms with van der Waals surface area (Å²) in [6.45, 7) is 3.49. The molecular formula is C15H17NO3. The molecule has 1 aliphatic heterocycles. The number of benzene rings is 1. The maximum Gasteiger partial charge on any atom is 0.221 e. The van der Waals surface area contributed by atoms with Crippen LogP contribution in [0.5, 0.6) is 11.6 Å². The molecule has 19 heavy (non-hydrogen) atoms. The van der Waals surface area contributed by atoms with Gasteiger partial charge in [-0.25, -0.2) is 4.98 Å². The molecule has 0 fully saturated rings. The summed E-state index contributed by atoms with van der Waals surface area (Å²) in [6, 6.07) is 7.81. The highest BCUT2D eigenvalue weighted by Gasteiger charge is 2.37. The minimum Gasteiger partial charge on any atom is -0.496 e. The Morgan fingerprint density at radius 1 is 1.37 bits per heavy atom. The quantitative estimate of drug-likeness (QED) is 0.899. The highest BCUT2D eigenvalue weighted by Crippen LogP contribution is 2.41. The van der Waals surface area contributed by atoms with Gasteiger partial charge in [0.15, 0.2) is 0 Å². The van der Waals surface area contributed by atoms with E-state index in [0.29, 0.717) is 12.3 Å². The maximum atomic E-state index is 10.1. The van der Waals surface area contributed by atoms with Gasteiger partial charge in [0.25, 0.3) is 0 Å². The lowest BCUT2D eigenvalue weighted by Crippen LogP contribution is -2.39. The SMILES string of the molecule is COc1c2c(nc3ccccc13)O[C@H](C(C)(C)O)C2. The minimum absolute atomic E-state index is 0.291. The van der Waals surface area contributed by atoms with Crippen molar-refractivity contribution in [3.63, 3.8) is 0 Å². The van der Waals surface area contributed by atoms with E-state index in [0.717, 1.165) is 22.2 Å². The van der Waals surface area contributed by atoms with Crippen molar-refractivity contribution in [3.05, 3.63) is 29.8 Å². The molecule has 0 bridgehead atoms. The number of para-hydroxylation sites is 1. The topological polar surface area (TPSA) is 51.6 Å². The third-order valence-electron chi connectivity index (χ3n) is 3.54. The number of rotatable bonds is 2. The molecule has 2 heterocycles. The molecule has 3 rings (SSSR count). The van der Waals surface area contributed by atoms with Crippen LogP contribution in [0.1, 0.15) is 19.4 Å². The number of aromatic nitrogens is 1. The van der Waals surface area contributed by atoms with Crippen LogP contribution in [-0.2, 0) is 6.42 Å². The van der Waals surface area contributed by atoms with Gasteiger partial charge >= 0.3 is 0 Å². The van der Waals surface area contributed by atoms with Crippen LogP contribution < -0.4 is 9.47 Å². The molecule has 0 spiro atoms. The zero-order valence-corrected chi connectivity index (χ0v) is 11.3. The molecule has 100 valence electrons. The fourth-order valence-corrected chi connectivity index (χ4v) is 2.47. The Morgan fingerprint density at radius 3 is 2.79 bits per heavy atom. The molecular weight excluding hydrogens is 242 g/mol. The van der Waals surface area contributed by atoms with Gasteiger partial charge < -0.3 is 14.6 Å². The van der Waals surface area contributed by atoms with Crippen LogP contribution in [0, 0.1) is 0 Å². The van der Waals surface area contributed by atoms with E-state index in [1.807, 2.05) is 24.3 Å². The first-order valence-electron chi connectivity index (χ1n) is 6.35. The van der Waals surface area contributed by atoms with Crippen LogP contribution in [0.4, 0.5) is 0 Å². The summed E-state index contributed by atoms with van der Waals surface area (Å²) in [7, 11) is 1.65. The van der Waals surface area contributed by atoms with Crippen molar-refractivity contribution in [2.75, 3.05) is 7.11 Å². The number of methoxy groups -OCH3 is 1. The molecule has 0 saturated heterocycles. The van der Waals surface area contributed by atoms with E-state index < -0.39 is 5.60 Å². The largest absolute Gasteiger partial charge is 0.496 e. The Morgan fingerprint density at radius 2 is 2.11 bits per heavy atom. The smallest absolute Gasteiger partial charge is 0.221 e. The van der Waals surface area contributed by atoms with Crippen LogP contribution in [-0.4, -0.2) is 28.9 Å². The van der Waals surface area contributed by atoms with Crippen LogP contribution >= 0.6 is 0 Å². The molecule has 0 aliphatic carbocycles. The Hall–Kier alpha value is -1.81. The van der Waals surface area contributed by atoms with Crippen LogP contribution in [0.25, 0.3) is 10.9 Å². The van der Waals surface area contributed by atoms with E-state index in [-0.39, 0.29) is 6.10 Å². The number of aliphatic hydroxyl groups is 1. The van der Waals surface area contributed by atoms with Crippen LogP contribution in [0.3, 0.4) is 0 Å². The fourth-order valence-electron chi connectivity index (χ4n) is 2.47. The highest BCUT2D eigenvalue weighted by atomic mass is 16.5. The molecule has 1 N–H and O–H groups in total. The van der Waals surface area contributed by atoms with Crippen molar-refractivity contribution in [3.8, 4) is 11.6 Å². The molecule has 1 atom stereocenters. The zero-order chi connectivity index (χ0) is 13.6. The van der Waals surface area contributed by atoms with Gasteiger partial charge in [-0.05, 0) is 26.0 Å². The lowest BCUT2D eigenvalue weighted by molar-refractivity contribution is -0.0243. The van der Waals surface area contributed by atoms with Gasteiger partial charge in [0, 0.05) is 11.8 Å². The summed E-state index contributed by atoms with van der Waals surface area (Å²) >= 11 is 0. The van der Waals surface area contributed by atoms with Gasteiger partial charge in [0.2, 0.25) is 5.88 Å². The van der Waals surface area contributed by atoms with Crippen LogP contribution in [0.2, 0.25) is 0 Å². The van der Waals surface area contributed by atoms with E-state index in [1.165, 1.54) is 0 Å². The molecule has 1 aromatic carbocycles. The minimum atomic E-state index is -0.905. The molecule has 0 unspecified atom stereocenters. The average molecular weight is 259 g/mol. The van der Waals surface area contributed by atoms with Crippen LogP contribution in [0.15, 0.2) is 24.3 Å². The second-order valence-electron chi connectivity index (χ2n) is 5.41. The summed E-state index contributed by atoms with van der Waals surface area (Å²) in [5.74, 6) is 1.37. The van der Waals surface area contributed by atoms with Gasteiger partial charge in [-0.2, -0.15) is 0 Å². The summed E-state index contributed by atoms with van der Waals surface area (Å²) < 4.78 is 11.3. The van der Waals surface area contributed by atoms with Gasteiger partial charge in [-0.15, -0.1) is 0 Å². The first-order chi connectivity index (χ1) is 9.00. The zero-order valence-electron chi connectivity index (χ0n) is 11.3. The van der Waals surface area contributed by atoms with Gasteiger partial charge in [0.05, 0.1) is 23.8 Å². The van der Waals surface area contributed by atoms with Crippen molar-refractivity contribution in [2.45, 2.75) is 32.0 Å². The number of fused-ring (bicyclic) bond motifs is 2. The monoisotopic (exact) mass is 259 g/mol. The first-order valence-corrected chi connectivity index (χ1v) is 6.35. The van der Waals surface area contributed by atoms with E-state index in [9.17, 15) is 5.11 Å². The standard InChI is InChI=1S/C15H17NO3/c1-15(2,17)12-8-10-13(18-3)9-6-4-5-7-11(9)16-14(10)19-12/h4-7,12,17H,8H2,1-3H3/t12-/m0/s1. The van der Waals surface area contributed by atoms with Crippen molar-refractivity contribution >= 4 is 10.9 Å². The number of hydrogen-bond donors (Lipinski definition) is 1. The summed E-state index contributed by atoms with van der Waals surface area (Å²) in [5.41, 5.74) is 0.876. The number of nitrogens with zero attached hydrogens (tertiary/aromatic N) is 1. The third kappa shape index (κ3) is 1.92. The summed E-state index contributed by atoms with van der Waals surface area (Å²) in [5, 5.41) is 11.1. The van der Waals surface area contributed by atoms with Gasteiger partial charge in [-0.1, -0.05) is 12.1 Å². The average Bonchev–Trinajstić information content (AvgIpc) is 2.79. The lowest BCUT2D eigenvalue weighted by Gasteiger charge is -2.24. The first kappa shape index (κ1) is 12.2. The molecule has 1 aromatic heterocycles. The molecule has 0 amide bonds. The predicted octanol–water partition coefficient (Wildman–Crippen LogP) is 2.32. The number of hydrogen-bond acceptors (Lipinski definition) is 4. The molecule has 4 heteroatoms. The van der Waals surface area contributed by atoms with Gasteiger partial charge in [-0.3, -0.25) is 0 Å². The van der Waals surface area contributed by atoms with Crippen molar-refractivity contribution < 1.29 is 14.6 Å². The lowest BCUT2D eigenvalue weighted by atomic mass is 9.97. The summed E-state index contributed by atoms with van der Waals surface area (Å²) in [4.78, 5) is 4.51. The van der Waals surface area contributed by atoms with E-state index in [1.54, 1.807) is 21.0 Å². The second-order valence-corrected chi connectivity index (χ2v) is 5.41. The highest BCUT2D eigenvalue weighted by molar-refractivity contribution is 5.87. The normalized spacial score (nSPS) is 18.2. The van der Waals surface area contributed by atoms with E-state index in [4.69, 9.17) is 9.47 Å². The van der Waals surface area contributed by atoms with Crippen molar-refractivity contribution in [1.82, 2.24) is 4.98 Å². The molecule has 2 aromatic rings. The van der Waals surface area contributed by atoms with Crippen molar-refractivity contribution in [2.24, 2.45) is 0 Å². The van der Waals surface area contributed by atoms with Gasteiger partial charge in [0.1, 0.15) is 11.9 Å². The molecule has 0 radical (unpaired) electrons. The third-order valence-corrected chi connectivity index (χ3v) is 3.54. The predicted molar refractivity (Wildman–Crippen MR) is 72.7 cm³/mol. The Labute approximate surface area is 112 Å². The fraction of sp³-hybridized carbons (Fsp3) is 0.400. The Balaban J connectivity index is 2.17.